The Hall–Kier alpha value is -3.12. The SMILES string of the molecule is Cc1ccc2c3c(ccc2n1)OC[C@H](CN[C@@H]1CC[C@H](c2c[nH]c4ccc(F)cc24)C1)O3. The molecule has 0 saturated heterocycles. The molecule has 6 rings (SSSR count). The van der Waals surface area contributed by atoms with Crippen molar-refractivity contribution in [3.05, 3.63) is 65.7 Å². The number of aromatic amines is 1. The fraction of sp³-hybridized carbons (Fsp3) is 0.346. The molecule has 4 aromatic rings. The Morgan fingerprint density at radius 2 is 2.06 bits per heavy atom. The molecule has 3 atom stereocenters. The van der Waals surface area contributed by atoms with E-state index in [1.807, 2.05) is 37.4 Å². The van der Waals surface area contributed by atoms with E-state index in [4.69, 9.17) is 9.47 Å². The second-order valence-electron chi connectivity index (χ2n) is 9.01. The molecule has 1 saturated carbocycles. The Kier molecular flexibility index (Phi) is 4.76. The summed E-state index contributed by atoms with van der Waals surface area (Å²) in [4.78, 5) is 7.89. The van der Waals surface area contributed by atoms with Crippen molar-refractivity contribution in [3.8, 4) is 11.5 Å². The van der Waals surface area contributed by atoms with Crippen LogP contribution < -0.4 is 14.8 Å². The van der Waals surface area contributed by atoms with Crippen molar-refractivity contribution in [2.75, 3.05) is 13.2 Å². The van der Waals surface area contributed by atoms with Gasteiger partial charge in [-0.25, -0.2) is 4.39 Å². The van der Waals surface area contributed by atoms with Crippen molar-refractivity contribution in [1.29, 1.82) is 0 Å². The van der Waals surface area contributed by atoms with E-state index in [1.54, 1.807) is 6.07 Å². The number of ether oxygens (including phenoxy) is 2. The molecule has 0 spiro atoms. The summed E-state index contributed by atoms with van der Waals surface area (Å²) >= 11 is 0. The maximum atomic E-state index is 13.8. The van der Waals surface area contributed by atoms with E-state index in [0.29, 0.717) is 18.6 Å². The first kappa shape index (κ1) is 19.6. The van der Waals surface area contributed by atoms with Gasteiger partial charge in [-0.05, 0) is 80.1 Å². The number of pyridine rings is 1. The first-order valence-corrected chi connectivity index (χ1v) is 11.3. The number of nitrogens with zero attached hydrogens (tertiary/aromatic N) is 1. The van der Waals surface area contributed by atoms with Crippen LogP contribution in [-0.4, -0.2) is 35.3 Å². The summed E-state index contributed by atoms with van der Waals surface area (Å²) in [5.74, 6) is 1.83. The summed E-state index contributed by atoms with van der Waals surface area (Å²) in [7, 11) is 0. The first-order valence-electron chi connectivity index (χ1n) is 11.3. The van der Waals surface area contributed by atoms with Crippen LogP contribution >= 0.6 is 0 Å². The maximum absolute atomic E-state index is 13.8. The minimum atomic E-state index is -0.182. The van der Waals surface area contributed by atoms with Gasteiger partial charge in [-0.1, -0.05) is 0 Å². The van der Waals surface area contributed by atoms with Gasteiger partial charge in [-0.15, -0.1) is 0 Å². The molecule has 164 valence electrons. The number of fused-ring (bicyclic) bond motifs is 4. The average Bonchev–Trinajstić information content (AvgIpc) is 3.43. The monoisotopic (exact) mass is 431 g/mol. The zero-order chi connectivity index (χ0) is 21.7. The summed E-state index contributed by atoms with van der Waals surface area (Å²) in [5.41, 5.74) is 4.14. The van der Waals surface area contributed by atoms with Crippen molar-refractivity contribution in [3.63, 3.8) is 0 Å². The van der Waals surface area contributed by atoms with Crippen molar-refractivity contribution in [2.45, 2.75) is 44.2 Å². The molecule has 2 N–H and O–H groups in total. The van der Waals surface area contributed by atoms with E-state index in [1.165, 1.54) is 11.6 Å². The van der Waals surface area contributed by atoms with E-state index in [-0.39, 0.29) is 11.9 Å². The summed E-state index contributed by atoms with van der Waals surface area (Å²) in [6.45, 7) is 3.25. The van der Waals surface area contributed by atoms with Crippen LogP contribution in [-0.2, 0) is 0 Å². The van der Waals surface area contributed by atoms with Gasteiger partial charge in [0, 0.05) is 40.8 Å². The molecule has 2 aromatic carbocycles. The quantitative estimate of drug-likeness (QED) is 0.465. The van der Waals surface area contributed by atoms with Crippen LogP contribution in [0.15, 0.2) is 48.7 Å². The van der Waals surface area contributed by atoms with Crippen molar-refractivity contribution >= 4 is 21.8 Å². The van der Waals surface area contributed by atoms with Gasteiger partial charge >= 0.3 is 0 Å². The number of hydrogen-bond donors (Lipinski definition) is 2. The van der Waals surface area contributed by atoms with Crippen LogP contribution in [0.3, 0.4) is 0 Å². The van der Waals surface area contributed by atoms with Crippen LogP contribution in [0.1, 0.15) is 36.4 Å². The highest BCUT2D eigenvalue weighted by atomic mass is 19.1. The third-order valence-corrected chi connectivity index (χ3v) is 6.82. The summed E-state index contributed by atoms with van der Waals surface area (Å²) in [6.07, 6.45) is 5.24. The second kappa shape index (κ2) is 7.78. The normalized spacial score (nSPS) is 22.6. The number of aryl methyl sites for hydroxylation is 1. The van der Waals surface area contributed by atoms with Crippen molar-refractivity contribution in [2.24, 2.45) is 0 Å². The summed E-state index contributed by atoms with van der Waals surface area (Å²) < 4.78 is 26.1. The van der Waals surface area contributed by atoms with Crippen molar-refractivity contribution < 1.29 is 13.9 Å². The first-order chi connectivity index (χ1) is 15.6. The minimum Gasteiger partial charge on any atom is -0.486 e. The lowest BCUT2D eigenvalue weighted by atomic mass is 9.97. The molecule has 1 fully saturated rings. The number of halogens is 1. The Bertz CT molecular complexity index is 1300. The molecule has 2 aromatic heterocycles. The number of H-pyrrole nitrogens is 1. The molecule has 0 radical (unpaired) electrons. The lowest BCUT2D eigenvalue weighted by molar-refractivity contribution is 0.0902. The van der Waals surface area contributed by atoms with Crippen LogP contribution in [0.4, 0.5) is 4.39 Å². The van der Waals surface area contributed by atoms with Gasteiger partial charge in [0.1, 0.15) is 18.5 Å². The predicted octanol–water partition coefficient (Wildman–Crippen LogP) is 5.23. The zero-order valence-electron chi connectivity index (χ0n) is 18.0. The highest BCUT2D eigenvalue weighted by molar-refractivity contribution is 5.88. The molecule has 32 heavy (non-hydrogen) atoms. The number of benzene rings is 2. The van der Waals surface area contributed by atoms with E-state index >= 15 is 0 Å². The fourth-order valence-corrected chi connectivity index (χ4v) is 5.18. The smallest absolute Gasteiger partial charge is 0.171 e. The number of rotatable bonds is 4. The Labute approximate surface area is 185 Å². The van der Waals surface area contributed by atoms with Crippen molar-refractivity contribution in [1.82, 2.24) is 15.3 Å². The molecule has 1 aliphatic heterocycles. The lowest BCUT2D eigenvalue weighted by Gasteiger charge is -2.28. The maximum Gasteiger partial charge on any atom is 0.171 e. The third kappa shape index (κ3) is 3.48. The van der Waals surface area contributed by atoms with Gasteiger partial charge in [0.25, 0.3) is 0 Å². The molecule has 6 heteroatoms. The van der Waals surface area contributed by atoms with Gasteiger partial charge in [0.2, 0.25) is 0 Å². The van der Waals surface area contributed by atoms with Gasteiger partial charge in [-0.2, -0.15) is 0 Å². The highest BCUT2D eigenvalue weighted by Crippen LogP contribution is 2.40. The molecule has 5 nitrogen and oxygen atoms in total. The molecule has 3 heterocycles. The van der Waals surface area contributed by atoms with Crippen LogP contribution in [0, 0.1) is 12.7 Å². The lowest BCUT2D eigenvalue weighted by Crippen LogP contribution is -2.41. The number of nitrogens with one attached hydrogen (secondary N) is 2. The van der Waals surface area contributed by atoms with Gasteiger partial charge in [-0.3, -0.25) is 4.98 Å². The fourth-order valence-electron chi connectivity index (χ4n) is 5.18. The highest BCUT2D eigenvalue weighted by Gasteiger charge is 2.29. The molecular formula is C26H26FN3O2. The third-order valence-electron chi connectivity index (χ3n) is 6.82. The van der Waals surface area contributed by atoms with Gasteiger partial charge in [0.05, 0.1) is 5.52 Å². The number of hydrogen-bond acceptors (Lipinski definition) is 4. The van der Waals surface area contributed by atoms with Crippen LogP contribution in [0.5, 0.6) is 11.5 Å². The topological polar surface area (TPSA) is 59.2 Å². The largest absolute Gasteiger partial charge is 0.486 e. The van der Waals surface area contributed by atoms with Crippen LogP contribution in [0.25, 0.3) is 21.8 Å². The Balaban J connectivity index is 1.12. The predicted molar refractivity (Wildman–Crippen MR) is 123 cm³/mol. The molecule has 0 amide bonds. The standard InChI is InChI=1S/C26H26FN3O2/c1-15-2-6-20-24(30-15)8-9-25-26(20)32-19(14-31-25)12-28-18-5-3-16(10-18)22-13-29-23-7-4-17(27)11-21(22)23/h2,4,6-9,11,13,16,18-19,28-29H,3,5,10,12,14H2,1H3/t16-,18+,19-/m0/s1. The van der Waals surface area contributed by atoms with E-state index in [2.05, 4.69) is 21.4 Å². The van der Waals surface area contributed by atoms with Crippen LogP contribution in [0.2, 0.25) is 0 Å². The average molecular weight is 432 g/mol. The molecule has 0 bridgehead atoms. The van der Waals surface area contributed by atoms with E-state index < -0.39 is 0 Å². The van der Waals surface area contributed by atoms with Gasteiger partial charge < -0.3 is 19.8 Å². The number of aromatic nitrogens is 2. The zero-order valence-corrected chi connectivity index (χ0v) is 18.0. The van der Waals surface area contributed by atoms with Gasteiger partial charge in [0.15, 0.2) is 11.5 Å². The second-order valence-corrected chi connectivity index (χ2v) is 9.01. The molecule has 2 aliphatic rings. The Morgan fingerprint density at radius 3 is 3.00 bits per heavy atom. The van der Waals surface area contributed by atoms with E-state index in [9.17, 15) is 4.39 Å². The molecular weight excluding hydrogens is 405 g/mol. The molecule has 0 unspecified atom stereocenters. The van der Waals surface area contributed by atoms with E-state index in [0.717, 1.165) is 64.8 Å². The minimum absolute atomic E-state index is 0.0457. The molecule has 1 aliphatic carbocycles. The Morgan fingerprint density at radius 1 is 1.12 bits per heavy atom. The summed E-state index contributed by atoms with van der Waals surface area (Å²) in [6, 6.07) is 13.4. The summed E-state index contributed by atoms with van der Waals surface area (Å²) in [5, 5.41) is 5.68.